The highest BCUT2D eigenvalue weighted by Gasteiger charge is 2.33. The number of allylic oxidation sites excluding steroid dienone is 4. The minimum Gasteiger partial charge on any atom is -0.439 e. The number of rotatable bonds is 7. The van der Waals surface area contributed by atoms with Crippen molar-refractivity contribution in [3.63, 3.8) is 0 Å². The molecule has 0 saturated carbocycles. The summed E-state index contributed by atoms with van der Waals surface area (Å²) in [6.45, 7) is 8.09. The third kappa shape index (κ3) is 10.3. The van der Waals surface area contributed by atoms with Crippen LogP contribution in [0.1, 0.15) is 40.5 Å². The number of primary amides is 1. The molecule has 44 heavy (non-hydrogen) atoms. The minimum absolute atomic E-state index is 0.114. The summed E-state index contributed by atoms with van der Waals surface area (Å²) in [4.78, 5) is 53.7. The van der Waals surface area contributed by atoms with Crippen molar-refractivity contribution in [2.75, 3.05) is 41.4 Å². The number of nitrogens with zero attached hydrogens (tertiary/aromatic N) is 1. The van der Waals surface area contributed by atoms with Crippen LogP contribution in [0.15, 0.2) is 58.5 Å². The number of ketones is 2. The summed E-state index contributed by atoms with van der Waals surface area (Å²) < 4.78 is 16.6. The van der Waals surface area contributed by atoms with Crippen LogP contribution in [0.2, 0.25) is 0 Å². The normalized spacial score (nSPS) is 31.0. The molecule has 0 aromatic heterocycles. The predicted octanol–water partition coefficient (Wildman–Crippen LogP) is 1.91. The first kappa shape index (κ1) is 36.6. The fourth-order valence-electron chi connectivity index (χ4n) is 5.18. The van der Waals surface area contributed by atoms with Crippen molar-refractivity contribution in [1.29, 1.82) is 0 Å². The molecule has 5 N–H and O–H groups in total. The molecular weight excluding hydrogens is 568 g/mol. The number of nitrogens with two attached hydrogens (primary N) is 1. The molecule has 12 nitrogen and oxygen atoms in total. The highest BCUT2D eigenvalue weighted by atomic mass is 16.6. The first-order chi connectivity index (χ1) is 20.7. The Morgan fingerprint density at radius 1 is 1.16 bits per heavy atom. The van der Waals surface area contributed by atoms with Gasteiger partial charge in [-0.3, -0.25) is 14.4 Å². The van der Waals surface area contributed by atoms with Gasteiger partial charge in [0.2, 0.25) is 11.6 Å². The molecule has 6 atom stereocenters. The van der Waals surface area contributed by atoms with E-state index in [0.29, 0.717) is 25.1 Å². The van der Waals surface area contributed by atoms with E-state index in [1.165, 1.54) is 20.3 Å². The Kier molecular flexibility index (Phi) is 14.2. The molecule has 244 valence electrons. The van der Waals surface area contributed by atoms with Crippen molar-refractivity contribution in [2.45, 2.75) is 65.0 Å². The number of aliphatic hydroxyl groups excluding tert-OH is 1. The number of likely N-dealkylation sites (N-methyl/N-ethyl adjacent to an activating group) is 1. The van der Waals surface area contributed by atoms with E-state index < -0.39 is 53.9 Å². The van der Waals surface area contributed by atoms with Gasteiger partial charge in [0.15, 0.2) is 6.10 Å². The molecule has 0 fully saturated rings. The van der Waals surface area contributed by atoms with E-state index in [0.717, 1.165) is 6.08 Å². The topological polar surface area (TPSA) is 170 Å². The summed E-state index contributed by atoms with van der Waals surface area (Å²) in [5.74, 6) is -2.06. The van der Waals surface area contributed by atoms with Crippen LogP contribution in [0.3, 0.4) is 0 Å². The lowest BCUT2D eigenvalue weighted by Gasteiger charge is -2.30. The zero-order valence-corrected chi connectivity index (χ0v) is 27.0. The Morgan fingerprint density at radius 3 is 2.43 bits per heavy atom. The van der Waals surface area contributed by atoms with Crippen molar-refractivity contribution >= 4 is 23.6 Å². The number of hydrogen-bond acceptors (Lipinski definition) is 10. The van der Waals surface area contributed by atoms with E-state index in [1.54, 1.807) is 32.1 Å². The molecule has 2 rings (SSSR count). The van der Waals surface area contributed by atoms with Crippen molar-refractivity contribution in [3.05, 3.63) is 58.5 Å². The molecule has 2 aliphatic rings. The Morgan fingerprint density at radius 2 is 1.84 bits per heavy atom. The van der Waals surface area contributed by atoms with Gasteiger partial charge in [-0.25, -0.2) is 4.79 Å². The van der Waals surface area contributed by atoms with Crippen LogP contribution in [-0.4, -0.2) is 99.4 Å². The van der Waals surface area contributed by atoms with Gasteiger partial charge in [0.25, 0.3) is 5.91 Å². The van der Waals surface area contributed by atoms with Gasteiger partial charge in [0, 0.05) is 50.4 Å². The maximum Gasteiger partial charge on any atom is 0.405 e. The highest BCUT2D eigenvalue weighted by molar-refractivity contribution is 6.23. The summed E-state index contributed by atoms with van der Waals surface area (Å²) in [6, 6.07) is 0. The fourth-order valence-corrected chi connectivity index (χ4v) is 5.18. The summed E-state index contributed by atoms with van der Waals surface area (Å²) in [7, 11) is 6.74. The zero-order chi connectivity index (χ0) is 33.1. The SMILES string of the molecule is CO[C@H]1C[C@H](C)CC2=C(NCCN(C)C)C(=O)C=C(NC(=O)/C(C)=C/C=C/[C@@H](OC)[C@H](OC(N)=O)/C(C)=C/[C@H](C)[C@H]1O)C2=O. The number of carbonyl (C=O) groups excluding carboxylic acids is 4. The average molecular weight is 617 g/mol. The van der Waals surface area contributed by atoms with Crippen LogP contribution < -0.4 is 16.4 Å². The van der Waals surface area contributed by atoms with E-state index in [2.05, 4.69) is 10.6 Å². The molecule has 0 spiro atoms. The third-order valence-corrected chi connectivity index (χ3v) is 7.65. The lowest BCUT2D eigenvalue weighted by atomic mass is 9.85. The maximum atomic E-state index is 13.7. The van der Waals surface area contributed by atoms with Gasteiger partial charge in [0.1, 0.15) is 6.10 Å². The number of ether oxygens (including phenoxy) is 3. The van der Waals surface area contributed by atoms with Gasteiger partial charge >= 0.3 is 6.09 Å². The molecule has 0 saturated heterocycles. The predicted molar refractivity (Wildman–Crippen MR) is 166 cm³/mol. The third-order valence-electron chi connectivity index (χ3n) is 7.65. The number of fused-ring (bicyclic) bond motifs is 2. The molecule has 1 aliphatic carbocycles. The highest BCUT2D eigenvalue weighted by Crippen LogP contribution is 2.28. The second-order valence-electron chi connectivity index (χ2n) is 11.7. The number of aliphatic hydroxyl groups is 1. The Labute approximate surface area is 260 Å². The minimum atomic E-state index is -0.997. The van der Waals surface area contributed by atoms with Crippen molar-refractivity contribution in [2.24, 2.45) is 17.6 Å². The molecule has 2 amide bonds. The summed E-state index contributed by atoms with van der Waals surface area (Å²) in [5, 5.41) is 17.0. The Bertz CT molecular complexity index is 1230. The second kappa shape index (κ2) is 17.0. The van der Waals surface area contributed by atoms with Crippen LogP contribution in [-0.2, 0) is 28.6 Å². The molecule has 0 aromatic rings. The smallest absolute Gasteiger partial charge is 0.405 e. The molecule has 1 aliphatic heterocycles. The van der Waals surface area contributed by atoms with Gasteiger partial charge in [-0.1, -0.05) is 38.2 Å². The van der Waals surface area contributed by atoms with E-state index >= 15 is 0 Å². The summed E-state index contributed by atoms with van der Waals surface area (Å²) in [6.07, 6.45) is 3.88. The van der Waals surface area contributed by atoms with E-state index in [9.17, 15) is 24.3 Å². The molecule has 12 heteroatoms. The van der Waals surface area contributed by atoms with Crippen molar-refractivity contribution in [3.8, 4) is 0 Å². The van der Waals surface area contributed by atoms with Crippen LogP contribution in [0.25, 0.3) is 0 Å². The van der Waals surface area contributed by atoms with E-state index in [-0.39, 0.29) is 34.9 Å². The summed E-state index contributed by atoms with van der Waals surface area (Å²) >= 11 is 0. The lowest BCUT2D eigenvalue weighted by molar-refractivity contribution is -0.120. The Hall–Kier alpha value is -3.58. The van der Waals surface area contributed by atoms with Gasteiger partial charge in [-0.05, 0) is 52.3 Å². The number of methoxy groups -OCH3 is 2. The zero-order valence-electron chi connectivity index (χ0n) is 27.0. The number of amides is 2. The Balaban J connectivity index is 2.60. The number of hydrogen-bond donors (Lipinski definition) is 4. The van der Waals surface area contributed by atoms with Crippen molar-refractivity contribution < 1.29 is 38.5 Å². The van der Waals surface area contributed by atoms with E-state index in [4.69, 9.17) is 19.9 Å². The fraction of sp³-hybridized carbons (Fsp3) is 0.562. The lowest BCUT2D eigenvalue weighted by Crippen LogP contribution is -2.38. The quantitative estimate of drug-likeness (QED) is 0.245. The van der Waals surface area contributed by atoms with Gasteiger partial charge in [-0.15, -0.1) is 0 Å². The largest absolute Gasteiger partial charge is 0.439 e. The van der Waals surface area contributed by atoms with Crippen LogP contribution >= 0.6 is 0 Å². The monoisotopic (exact) mass is 616 g/mol. The molecule has 2 bridgehead atoms. The average Bonchev–Trinajstić information content (AvgIpc) is 2.95. The molecule has 0 aromatic carbocycles. The molecule has 0 radical (unpaired) electrons. The maximum absolute atomic E-state index is 13.7. The van der Waals surface area contributed by atoms with Crippen LogP contribution in [0.5, 0.6) is 0 Å². The first-order valence-corrected chi connectivity index (χ1v) is 14.7. The molecule has 0 unspecified atom stereocenters. The van der Waals surface area contributed by atoms with Gasteiger partial charge in [-0.2, -0.15) is 0 Å². The number of carbonyl (C=O) groups is 4. The van der Waals surface area contributed by atoms with Crippen LogP contribution in [0, 0.1) is 11.8 Å². The van der Waals surface area contributed by atoms with Gasteiger partial charge < -0.3 is 40.6 Å². The first-order valence-electron chi connectivity index (χ1n) is 14.7. The van der Waals surface area contributed by atoms with E-state index in [1.807, 2.05) is 32.8 Å². The second-order valence-corrected chi connectivity index (χ2v) is 11.7. The number of nitrogens with one attached hydrogen (secondary N) is 2. The number of Topliss-reactive ketones (excluding diaryl/α,β-unsaturated/α-hetero) is 1. The molecule has 1 heterocycles. The van der Waals surface area contributed by atoms with Crippen molar-refractivity contribution in [1.82, 2.24) is 15.5 Å². The van der Waals surface area contributed by atoms with Gasteiger partial charge in [0.05, 0.1) is 23.6 Å². The molecular formula is C32H48N4O8. The van der Waals surface area contributed by atoms with Crippen LogP contribution in [0.4, 0.5) is 4.79 Å². The standard InChI is InChI=1S/C32H48N4O8/c1-18-14-22-27(34-12-13-36(5)6)24(37)17-23(29(22)39)35-31(40)19(2)10-9-11-25(42-7)30(44-32(33)41)21(4)16-20(3)28(38)26(15-18)43-8/h9-11,16-18,20,25-26,28,30,34,38H,12-15H2,1-8H3,(H2,33,41)(H,35,40)/b11-9+,19-10+,21-16+/t18-,20+,25-,26+,28-,30-/m1/s1. The summed E-state index contributed by atoms with van der Waals surface area (Å²) in [5.41, 5.74) is 6.55.